The second kappa shape index (κ2) is 35.6. The predicted octanol–water partition coefficient (Wildman–Crippen LogP) is 9.29. The largest absolute Gasteiger partial charge is 2.00 e. The topological polar surface area (TPSA) is 55.4 Å². The first kappa shape index (κ1) is 50.1. The van der Waals surface area contributed by atoms with Crippen LogP contribution >= 0.6 is 22.6 Å². The van der Waals surface area contributed by atoms with Crippen LogP contribution in [0.5, 0.6) is 0 Å². The average molecular weight is 751 g/mol. The third-order valence-electron chi connectivity index (χ3n) is 5.98. The summed E-state index contributed by atoms with van der Waals surface area (Å²) in [6, 6.07) is 1.22. The van der Waals surface area contributed by atoms with Gasteiger partial charge >= 0.3 is 26.1 Å². The Morgan fingerprint density at radius 2 is 1.05 bits per heavy atom. The summed E-state index contributed by atoms with van der Waals surface area (Å²) in [5.41, 5.74) is 0. The van der Waals surface area contributed by atoms with Crippen LogP contribution in [0.1, 0.15) is 98.8 Å². The van der Waals surface area contributed by atoms with Crippen LogP contribution in [0.4, 0.5) is 0 Å². The van der Waals surface area contributed by atoms with Crippen molar-refractivity contribution in [2.75, 3.05) is 51.2 Å². The number of hydrogen-bond acceptors (Lipinski definition) is 6. The van der Waals surface area contributed by atoms with Gasteiger partial charge in [-0.15, -0.1) is 0 Å². The molecule has 2 rings (SSSR count). The molecule has 2 fully saturated rings. The first-order valence-corrected chi connectivity index (χ1v) is 20.8. The second-order valence-electron chi connectivity index (χ2n) is 9.56. The fourth-order valence-electron chi connectivity index (χ4n) is 3.97. The molecule has 0 aliphatic heterocycles. The van der Waals surface area contributed by atoms with Crippen molar-refractivity contribution in [3.05, 3.63) is 14.9 Å². The minimum absolute atomic E-state index is 0. The summed E-state index contributed by atoms with van der Waals surface area (Å²) in [4.78, 5) is 0. The van der Waals surface area contributed by atoms with Crippen LogP contribution < -0.4 is 0 Å². The molecule has 0 aromatic heterocycles. The Bertz CT molecular complexity index is 407. The summed E-state index contributed by atoms with van der Waals surface area (Å²) in [5.74, 6) is 0.859. The quantitative estimate of drug-likeness (QED) is 0.0547. The van der Waals surface area contributed by atoms with Gasteiger partial charge in [0.15, 0.2) is 8.32 Å². The van der Waals surface area contributed by atoms with Gasteiger partial charge in [0.05, 0.1) is 0 Å². The molecular formula is C29H67FeIO6Si2. The van der Waals surface area contributed by atoms with Crippen LogP contribution in [0.15, 0.2) is 0 Å². The molecule has 0 heterocycles. The fourth-order valence-corrected chi connectivity index (χ4v) is 7.08. The monoisotopic (exact) mass is 750 g/mol. The molecule has 0 aromatic carbocycles. The Balaban J connectivity index is -0.000000146. The van der Waals surface area contributed by atoms with Gasteiger partial charge in [-0.2, -0.15) is 0 Å². The Kier molecular flexibility index (Phi) is 45.8. The van der Waals surface area contributed by atoms with Gasteiger partial charge < -0.3 is 41.7 Å². The van der Waals surface area contributed by atoms with Crippen LogP contribution in [0, 0.1) is 20.8 Å². The summed E-state index contributed by atoms with van der Waals surface area (Å²) < 4.78 is 34.1. The number of rotatable bonds is 15. The van der Waals surface area contributed by atoms with Gasteiger partial charge in [0.1, 0.15) is 0 Å². The van der Waals surface area contributed by atoms with Gasteiger partial charge in [-0.05, 0) is 76.4 Å². The third-order valence-corrected chi connectivity index (χ3v) is 11.2. The maximum absolute atomic E-state index is 5.72. The van der Waals surface area contributed by atoms with Gasteiger partial charge in [-0.1, -0.05) is 74.5 Å². The summed E-state index contributed by atoms with van der Waals surface area (Å²) in [6.07, 6.45) is 14.3. The molecule has 2 aliphatic carbocycles. The van der Waals surface area contributed by atoms with Gasteiger partial charge in [-0.25, -0.2) is 0 Å². The molecule has 0 radical (unpaired) electrons. The molecule has 2 saturated carbocycles. The number of hydrogen-bond donors (Lipinski definition) is 0. The van der Waals surface area contributed by atoms with E-state index >= 15 is 0 Å². The van der Waals surface area contributed by atoms with Crippen LogP contribution in [-0.4, -0.2) is 68.5 Å². The molecule has 0 saturated heterocycles. The van der Waals surface area contributed by atoms with Crippen LogP contribution in [0.2, 0.25) is 19.1 Å². The standard InChI is InChI=1S/C12H26O2Si.C8H20O4Si.C5H10.C2H5I.2CH3.Fe/c1-13-15(2,3)10-6-9-14-11-12-7-4-5-8-12;1-5-9-13(10-6-2,11-7-3)12-8-4;1-2-4-5-3-1;1-2-3;;;/h12H,4-11H2,1-3H3;5-8H2,1-4H3;1-5H2;2H2,1H3;2*1H3;/q;;;;2*-1;+2. The van der Waals surface area contributed by atoms with E-state index in [9.17, 15) is 0 Å². The van der Waals surface area contributed by atoms with Crippen molar-refractivity contribution in [1.29, 1.82) is 0 Å². The van der Waals surface area contributed by atoms with Crippen LogP contribution in [0.25, 0.3) is 0 Å². The molecule has 0 unspecified atom stereocenters. The summed E-state index contributed by atoms with van der Waals surface area (Å²) in [6.45, 7) is 18.4. The molecule has 39 heavy (non-hydrogen) atoms. The molecule has 0 N–H and O–H groups in total. The van der Waals surface area contributed by atoms with Crippen molar-refractivity contribution in [1.82, 2.24) is 0 Å². The maximum Gasteiger partial charge on any atom is 2.00 e. The van der Waals surface area contributed by atoms with E-state index in [2.05, 4.69) is 42.6 Å². The van der Waals surface area contributed by atoms with E-state index in [0.29, 0.717) is 26.4 Å². The van der Waals surface area contributed by atoms with Crippen molar-refractivity contribution in [2.24, 2.45) is 5.92 Å². The zero-order valence-electron chi connectivity index (χ0n) is 27.5. The second-order valence-corrected chi connectivity index (χ2v) is 17.7. The molecular weight excluding hydrogens is 683 g/mol. The van der Waals surface area contributed by atoms with Crippen molar-refractivity contribution >= 4 is 40.0 Å². The van der Waals surface area contributed by atoms with E-state index in [4.69, 9.17) is 26.9 Å². The normalized spacial score (nSPS) is 14.7. The van der Waals surface area contributed by atoms with Crippen LogP contribution in [-0.2, 0) is 43.9 Å². The first-order valence-electron chi connectivity index (χ1n) is 14.5. The smallest absolute Gasteiger partial charge is 0.420 e. The number of alkyl halides is 1. The SMILES string of the molecule is C1CCCC1.CCI.CCO[Si](OCC)(OCC)OCC.CO[Si](C)(C)CCCOCC1CCCC1.[CH3-].[CH3-].[Fe+2]. The van der Waals surface area contributed by atoms with Crippen molar-refractivity contribution in [3.63, 3.8) is 0 Å². The number of halogens is 1. The molecule has 10 heteroatoms. The molecule has 6 nitrogen and oxygen atoms in total. The van der Waals surface area contributed by atoms with E-state index < -0.39 is 17.4 Å². The molecule has 2 aliphatic rings. The molecule has 0 amide bonds. The van der Waals surface area contributed by atoms with Gasteiger partial charge in [0, 0.05) is 46.8 Å². The predicted molar refractivity (Wildman–Crippen MR) is 179 cm³/mol. The molecule has 0 aromatic rings. The Morgan fingerprint density at radius 3 is 1.36 bits per heavy atom. The van der Waals surface area contributed by atoms with Crippen molar-refractivity contribution in [2.45, 2.75) is 118 Å². The molecule has 242 valence electrons. The summed E-state index contributed by atoms with van der Waals surface area (Å²) >= 11 is 2.29. The Hall–Kier alpha value is 1.44. The average Bonchev–Trinajstić information content (AvgIpc) is 3.58. The molecule has 0 bridgehead atoms. The zero-order valence-corrected chi connectivity index (χ0v) is 32.7. The van der Waals surface area contributed by atoms with Crippen molar-refractivity contribution < 1.29 is 43.9 Å². The van der Waals surface area contributed by atoms with Gasteiger partial charge in [0.2, 0.25) is 0 Å². The Morgan fingerprint density at radius 1 is 0.692 bits per heavy atom. The van der Waals surface area contributed by atoms with E-state index in [1.54, 1.807) is 0 Å². The molecule has 0 spiro atoms. The third kappa shape index (κ3) is 32.2. The van der Waals surface area contributed by atoms with E-state index in [-0.39, 0.29) is 31.9 Å². The molecule has 0 atom stereocenters. The Labute approximate surface area is 272 Å². The van der Waals surface area contributed by atoms with E-state index in [0.717, 1.165) is 19.1 Å². The van der Waals surface area contributed by atoms with E-state index in [1.165, 1.54) is 74.7 Å². The summed E-state index contributed by atoms with van der Waals surface area (Å²) in [5, 5.41) is 0. The van der Waals surface area contributed by atoms with Crippen LogP contribution in [0.3, 0.4) is 0 Å². The minimum atomic E-state index is -2.80. The zero-order chi connectivity index (χ0) is 27.5. The minimum Gasteiger partial charge on any atom is -0.420 e. The fraction of sp³-hybridized carbons (Fsp3) is 0.931. The van der Waals surface area contributed by atoms with Crippen molar-refractivity contribution in [3.8, 4) is 0 Å². The summed E-state index contributed by atoms with van der Waals surface area (Å²) in [7, 11) is -2.30. The first-order chi connectivity index (χ1) is 17.3. The maximum atomic E-state index is 5.72. The number of ether oxygens (including phenoxy) is 1. The van der Waals surface area contributed by atoms with Gasteiger partial charge in [-0.3, -0.25) is 0 Å². The van der Waals surface area contributed by atoms with E-state index in [1.807, 2.05) is 34.8 Å². The van der Waals surface area contributed by atoms with Gasteiger partial charge in [0.25, 0.3) is 0 Å².